The highest BCUT2D eigenvalue weighted by Crippen LogP contribution is 2.27. The number of rotatable bonds is 2. The van der Waals surface area contributed by atoms with Crippen LogP contribution in [0, 0.1) is 12.8 Å². The van der Waals surface area contributed by atoms with Crippen molar-refractivity contribution in [3.8, 4) is 0 Å². The summed E-state index contributed by atoms with van der Waals surface area (Å²) in [6, 6.07) is 0. The van der Waals surface area contributed by atoms with Crippen molar-refractivity contribution in [2.45, 2.75) is 32.1 Å². The van der Waals surface area contributed by atoms with E-state index in [1.54, 1.807) is 0 Å². The van der Waals surface area contributed by atoms with Crippen LogP contribution in [-0.2, 0) is 4.79 Å². The number of hydrogen-bond donors (Lipinski definition) is 0. The molecule has 0 atom stereocenters. The summed E-state index contributed by atoms with van der Waals surface area (Å²) >= 11 is 0. The van der Waals surface area contributed by atoms with E-state index in [2.05, 4.69) is 6.92 Å². The van der Waals surface area contributed by atoms with Gasteiger partial charge in [-0.1, -0.05) is 25.7 Å². The van der Waals surface area contributed by atoms with Gasteiger partial charge in [-0.25, -0.2) is 0 Å². The first-order chi connectivity index (χ1) is 4.29. The van der Waals surface area contributed by atoms with Crippen molar-refractivity contribution in [3.63, 3.8) is 0 Å². The van der Waals surface area contributed by atoms with Gasteiger partial charge < -0.3 is 0 Å². The van der Waals surface area contributed by atoms with Crippen LogP contribution in [0.25, 0.3) is 0 Å². The Morgan fingerprint density at radius 3 is 2.44 bits per heavy atom. The first kappa shape index (κ1) is 6.79. The quantitative estimate of drug-likeness (QED) is 0.551. The average Bonchev–Trinajstić information content (AvgIpc) is 2.15. The maximum absolute atomic E-state index is 10.5. The van der Waals surface area contributed by atoms with Crippen LogP contribution in [0.1, 0.15) is 32.1 Å². The lowest BCUT2D eigenvalue weighted by Gasteiger charge is -2.02. The molecule has 1 rings (SSSR count). The van der Waals surface area contributed by atoms with E-state index in [0.717, 1.165) is 6.42 Å². The molecule has 0 saturated heterocycles. The molecule has 0 spiro atoms. The van der Waals surface area contributed by atoms with Crippen molar-refractivity contribution in [1.82, 2.24) is 0 Å². The van der Waals surface area contributed by atoms with Gasteiger partial charge in [-0.2, -0.15) is 0 Å². The molecule has 51 valence electrons. The van der Waals surface area contributed by atoms with Gasteiger partial charge in [0, 0.05) is 13.3 Å². The van der Waals surface area contributed by atoms with Crippen LogP contribution >= 0.6 is 0 Å². The smallest absolute Gasteiger partial charge is 0.133 e. The van der Waals surface area contributed by atoms with Gasteiger partial charge in [-0.3, -0.25) is 4.79 Å². The third-order valence-electron chi connectivity index (χ3n) is 1.99. The monoisotopic (exact) mass is 125 g/mol. The van der Waals surface area contributed by atoms with Gasteiger partial charge in [0.1, 0.15) is 5.78 Å². The summed E-state index contributed by atoms with van der Waals surface area (Å²) in [6.07, 6.45) is 5.86. The molecule has 0 aliphatic heterocycles. The van der Waals surface area contributed by atoms with E-state index in [1.807, 2.05) is 0 Å². The molecule has 1 radical (unpaired) electrons. The van der Waals surface area contributed by atoms with Gasteiger partial charge in [-0.15, -0.1) is 0 Å². The maximum Gasteiger partial charge on any atom is 0.133 e. The Hall–Kier alpha value is -0.330. The van der Waals surface area contributed by atoms with Gasteiger partial charge in [-0.05, 0) is 5.92 Å². The Morgan fingerprint density at radius 2 is 2.00 bits per heavy atom. The molecule has 0 aromatic heterocycles. The second kappa shape index (κ2) is 3.00. The normalized spacial score (nSPS) is 20.6. The van der Waals surface area contributed by atoms with Crippen LogP contribution < -0.4 is 0 Å². The number of hydrogen-bond acceptors (Lipinski definition) is 1. The predicted molar refractivity (Wildman–Crippen MR) is 36.9 cm³/mol. The van der Waals surface area contributed by atoms with Crippen LogP contribution in [0.2, 0.25) is 0 Å². The van der Waals surface area contributed by atoms with Crippen molar-refractivity contribution in [1.29, 1.82) is 0 Å². The van der Waals surface area contributed by atoms with Crippen molar-refractivity contribution < 1.29 is 4.79 Å². The highest BCUT2D eigenvalue weighted by atomic mass is 16.1. The summed E-state index contributed by atoms with van der Waals surface area (Å²) < 4.78 is 0. The Bertz CT molecular complexity index is 101. The average molecular weight is 125 g/mol. The van der Waals surface area contributed by atoms with Crippen LogP contribution in [0.4, 0.5) is 0 Å². The number of carbonyl (C=O) groups excluding carboxylic acids is 1. The summed E-state index contributed by atoms with van der Waals surface area (Å²) in [5, 5.41) is 0. The van der Waals surface area contributed by atoms with Crippen LogP contribution in [0.5, 0.6) is 0 Å². The van der Waals surface area contributed by atoms with E-state index < -0.39 is 0 Å². The first-order valence-corrected chi connectivity index (χ1v) is 3.64. The molecule has 0 aromatic carbocycles. The van der Waals surface area contributed by atoms with Crippen molar-refractivity contribution in [2.24, 2.45) is 5.92 Å². The molecule has 0 unspecified atom stereocenters. The van der Waals surface area contributed by atoms with Gasteiger partial charge in [0.25, 0.3) is 0 Å². The molecule has 0 aromatic rings. The van der Waals surface area contributed by atoms with E-state index in [1.165, 1.54) is 25.7 Å². The highest BCUT2D eigenvalue weighted by molar-refractivity contribution is 5.82. The molecule has 0 N–H and O–H groups in total. The molecule has 1 aliphatic rings. The molecule has 1 aliphatic carbocycles. The lowest BCUT2D eigenvalue weighted by atomic mass is 10.0. The molecule has 0 bridgehead atoms. The number of Topliss-reactive ketones (excluding diaryl/α,β-unsaturated/α-hetero) is 1. The van der Waals surface area contributed by atoms with Crippen LogP contribution in [0.15, 0.2) is 0 Å². The lowest BCUT2D eigenvalue weighted by Crippen LogP contribution is -2.00. The molecule has 1 heteroatoms. The fourth-order valence-corrected chi connectivity index (χ4v) is 1.54. The molecule has 1 saturated carbocycles. The topological polar surface area (TPSA) is 17.1 Å². The number of ketones is 1. The minimum atomic E-state index is 0.113. The Balaban J connectivity index is 2.19. The van der Waals surface area contributed by atoms with Crippen molar-refractivity contribution in [3.05, 3.63) is 6.92 Å². The Morgan fingerprint density at radius 1 is 1.44 bits per heavy atom. The van der Waals surface area contributed by atoms with Crippen LogP contribution in [0.3, 0.4) is 0 Å². The standard InChI is InChI=1S/C8H13O/c1-7(9)6-8-4-2-3-5-8/h8H,1-6H2. The largest absolute Gasteiger partial charge is 0.300 e. The van der Waals surface area contributed by atoms with E-state index in [4.69, 9.17) is 0 Å². The van der Waals surface area contributed by atoms with Crippen LogP contribution in [-0.4, -0.2) is 5.78 Å². The van der Waals surface area contributed by atoms with Gasteiger partial charge in [0.15, 0.2) is 0 Å². The molecular formula is C8H13O. The summed E-state index contributed by atoms with van der Waals surface area (Å²) in [7, 11) is 0. The summed E-state index contributed by atoms with van der Waals surface area (Å²) in [6.45, 7) is 3.36. The zero-order valence-corrected chi connectivity index (χ0v) is 5.73. The Kier molecular flexibility index (Phi) is 2.26. The van der Waals surface area contributed by atoms with E-state index in [-0.39, 0.29) is 5.78 Å². The second-order valence-electron chi connectivity index (χ2n) is 2.89. The van der Waals surface area contributed by atoms with Gasteiger partial charge in [0.05, 0.1) is 0 Å². The molecule has 1 fully saturated rings. The minimum absolute atomic E-state index is 0.113. The minimum Gasteiger partial charge on any atom is -0.300 e. The third kappa shape index (κ3) is 2.17. The fraction of sp³-hybridized carbons (Fsp3) is 0.750. The second-order valence-corrected chi connectivity index (χ2v) is 2.89. The number of carbonyl (C=O) groups is 1. The van der Waals surface area contributed by atoms with Crippen molar-refractivity contribution in [2.75, 3.05) is 0 Å². The molecule has 0 amide bonds. The Labute approximate surface area is 56.4 Å². The third-order valence-corrected chi connectivity index (χ3v) is 1.99. The molecule has 1 nitrogen and oxygen atoms in total. The van der Waals surface area contributed by atoms with Crippen molar-refractivity contribution >= 4 is 5.78 Å². The summed E-state index contributed by atoms with van der Waals surface area (Å²) in [5.41, 5.74) is 0. The SMILES string of the molecule is [CH2]C(=O)CC1CCCC1. The predicted octanol–water partition coefficient (Wildman–Crippen LogP) is 1.97. The van der Waals surface area contributed by atoms with Gasteiger partial charge >= 0.3 is 0 Å². The van der Waals surface area contributed by atoms with E-state index in [9.17, 15) is 4.79 Å². The molecule has 9 heavy (non-hydrogen) atoms. The first-order valence-electron chi connectivity index (χ1n) is 3.64. The van der Waals surface area contributed by atoms with E-state index in [0.29, 0.717) is 5.92 Å². The highest BCUT2D eigenvalue weighted by Gasteiger charge is 2.15. The fourth-order valence-electron chi connectivity index (χ4n) is 1.54. The molecular weight excluding hydrogens is 112 g/mol. The zero-order valence-electron chi connectivity index (χ0n) is 5.73. The zero-order chi connectivity index (χ0) is 6.69. The van der Waals surface area contributed by atoms with E-state index >= 15 is 0 Å². The maximum atomic E-state index is 10.5. The molecule has 0 heterocycles. The summed E-state index contributed by atoms with van der Waals surface area (Å²) in [4.78, 5) is 10.5. The summed E-state index contributed by atoms with van der Waals surface area (Å²) in [5.74, 6) is 0.789. The lowest BCUT2D eigenvalue weighted by molar-refractivity contribution is -0.115. The van der Waals surface area contributed by atoms with Gasteiger partial charge in [0.2, 0.25) is 0 Å².